The second kappa shape index (κ2) is 7.26. The van der Waals surface area contributed by atoms with E-state index in [1.165, 1.54) is 6.42 Å². The topological polar surface area (TPSA) is 59.1 Å². The highest BCUT2D eigenvalue weighted by molar-refractivity contribution is 5.64. The maximum atomic E-state index is 6.03. The summed E-state index contributed by atoms with van der Waals surface area (Å²) in [5.74, 6) is 0.961. The zero-order chi connectivity index (χ0) is 13.5. The van der Waals surface area contributed by atoms with Crippen molar-refractivity contribution in [3.63, 3.8) is 0 Å². The first-order valence-corrected chi connectivity index (χ1v) is 6.93. The number of aryl methyl sites for hydroxylation is 2. The molecule has 18 heavy (non-hydrogen) atoms. The Labute approximate surface area is 110 Å². The fraction of sp³-hybridized carbons (Fsp3) is 0.769. The molecule has 0 bridgehead atoms. The Bertz CT molecular complexity index is 359. The number of likely N-dealkylation sites (N-methyl/N-ethyl adjacent to an activating group) is 1. The monoisotopic (exact) mass is 253 g/mol. The zero-order valence-electron chi connectivity index (χ0n) is 12.2. The minimum Gasteiger partial charge on any atom is -0.394 e. The van der Waals surface area contributed by atoms with Crippen LogP contribution in [0.2, 0.25) is 0 Å². The molecule has 1 rings (SSSR count). The molecule has 0 saturated carbocycles. The van der Waals surface area contributed by atoms with Gasteiger partial charge in [-0.15, -0.1) is 0 Å². The van der Waals surface area contributed by atoms with Gasteiger partial charge in [0.05, 0.1) is 11.4 Å². The lowest BCUT2D eigenvalue weighted by molar-refractivity contribution is 0.300. The molecule has 0 amide bonds. The predicted molar refractivity (Wildman–Crippen MR) is 77.9 cm³/mol. The third kappa shape index (κ3) is 3.63. The van der Waals surface area contributed by atoms with Crippen LogP contribution >= 0.6 is 0 Å². The summed E-state index contributed by atoms with van der Waals surface area (Å²) >= 11 is 0. The number of nitrogens with two attached hydrogens (primary N) is 1. The van der Waals surface area contributed by atoms with Crippen LogP contribution in [0.25, 0.3) is 0 Å². The molecule has 0 aliphatic carbocycles. The first-order chi connectivity index (χ1) is 8.63. The zero-order valence-corrected chi connectivity index (χ0v) is 12.2. The van der Waals surface area contributed by atoms with E-state index in [4.69, 9.17) is 5.73 Å². The first-order valence-electron chi connectivity index (χ1n) is 6.93. The fourth-order valence-electron chi connectivity index (χ4n) is 2.09. The third-order valence-corrected chi connectivity index (χ3v) is 3.18. The van der Waals surface area contributed by atoms with Crippen LogP contribution in [0, 0.1) is 6.92 Å². The molecule has 0 aromatic carbocycles. The molecule has 1 aromatic heterocycles. The van der Waals surface area contributed by atoms with Crippen LogP contribution in [0.5, 0.6) is 0 Å². The van der Waals surface area contributed by atoms with Crippen LogP contribution in [0.15, 0.2) is 0 Å². The summed E-state index contributed by atoms with van der Waals surface area (Å²) in [5.41, 5.74) is 7.70. The van der Waals surface area contributed by atoms with Crippen molar-refractivity contribution >= 4 is 11.5 Å². The van der Waals surface area contributed by atoms with Crippen LogP contribution in [-0.4, -0.2) is 40.9 Å². The number of hydrogen-bond acceptors (Lipinski definition) is 4. The third-order valence-electron chi connectivity index (χ3n) is 3.18. The maximum Gasteiger partial charge on any atom is 0.148 e. The smallest absolute Gasteiger partial charge is 0.148 e. The Balaban J connectivity index is 2.52. The van der Waals surface area contributed by atoms with Crippen molar-refractivity contribution in [3.8, 4) is 0 Å². The minimum absolute atomic E-state index is 0.774. The van der Waals surface area contributed by atoms with Crippen LogP contribution < -0.4 is 11.1 Å². The van der Waals surface area contributed by atoms with Crippen molar-refractivity contribution in [2.45, 2.75) is 40.7 Å². The van der Waals surface area contributed by atoms with Gasteiger partial charge >= 0.3 is 0 Å². The summed E-state index contributed by atoms with van der Waals surface area (Å²) < 4.78 is 1.93. The molecule has 0 atom stereocenters. The van der Waals surface area contributed by atoms with Gasteiger partial charge in [0.15, 0.2) is 0 Å². The van der Waals surface area contributed by atoms with Crippen LogP contribution in [0.3, 0.4) is 0 Å². The van der Waals surface area contributed by atoms with Crippen LogP contribution in [0.4, 0.5) is 11.5 Å². The van der Waals surface area contributed by atoms with Gasteiger partial charge in [0.2, 0.25) is 0 Å². The number of nitrogens with zero attached hydrogens (tertiary/aromatic N) is 3. The Morgan fingerprint density at radius 2 is 2.00 bits per heavy atom. The van der Waals surface area contributed by atoms with Gasteiger partial charge < -0.3 is 16.0 Å². The Morgan fingerprint density at radius 3 is 2.56 bits per heavy atom. The van der Waals surface area contributed by atoms with E-state index in [-0.39, 0.29) is 0 Å². The molecular weight excluding hydrogens is 226 g/mol. The van der Waals surface area contributed by atoms with E-state index < -0.39 is 0 Å². The van der Waals surface area contributed by atoms with Gasteiger partial charge in [0, 0.05) is 19.6 Å². The minimum atomic E-state index is 0.774. The van der Waals surface area contributed by atoms with E-state index in [1.807, 2.05) is 11.6 Å². The molecule has 5 heteroatoms. The summed E-state index contributed by atoms with van der Waals surface area (Å²) in [7, 11) is 0. The molecule has 104 valence electrons. The molecule has 0 unspecified atom stereocenters. The highest BCUT2D eigenvalue weighted by Gasteiger charge is 2.10. The number of nitrogens with one attached hydrogen (secondary N) is 1. The van der Waals surface area contributed by atoms with Gasteiger partial charge in [-0.05, 0) is 33.4 Å². The van der Waals surface area contributed by atoms with Crippen molar-refractivity contribution in [2.24, 2.45) is 0 Å². The number of aromatic nitrogens is 2. The molecule has 0 aliphatic rings. The standard InChI is InChI=1S/C13H27N5/c1-5-9-17(6-2)10-8-15-13-12(14)11(4)16-18(13)7-3/h15H,5-10,14H2,1-4H3. The summed E-state index contributed by atoms with van der Waals surface area (Å²) in [6.07, 6.45) is 1.20. The molecule has 0 saturated heterocycles. The summed E-state index contributed by atoms with van der Waals surface area (Å²) in [6.45, 7) is 13.5. The number of rotatable bonds is 8. The van der Waals surface area contributed by atoms with Gasteiger partial charge in [-0.25, -0.2) is 4.68 Å². The molecule has 0 radical (unpaired) electrons. The van der Waals surface area contributed by atoms with Crippen LogP contribution in [-0.2, 0) is 6.54 Å². The average molecular weight is 253 g/mol. The molecule has 0 aliphatic heterocycles. The van der Waals surface area contributed by atoms with Gasteiger partial charge in [0.25, 0.3) is 0 Å². The largest absolute Gasteiger partial charge is 0.394 e. The first kappa shape index (κ1) is 14.8. The van der Waals surface area contributed by atoms with Crippen LogP contribution in [0.1, 0.15) is 32.9 Å². The molecule has 5 nitrogen and oxygen atoms in total. The lowest BCUT2D eigenvalue weighted by atomic mass is 10.3. The van der Waals surface area contributed by atoms with Crippen molar-refractivity contribution < 1.29 is 0 Å². The highest BCUT2D eigenvalue weighted by atomic mass is 15.3. The summed E-state index contributed by atoms with van der Waals surface area (Å²) in [4.78, 5) is 2.43. The molecule has 1 heterocycles. The number of anilines is 2. The van der Waals surface area contributed by atoms with Gasteiger partial charge in [0.1, 0.15) is 5.82 Å². The molecule has 3 N–H and O–H groups in total. The predicted octanol–water partition coefficient (Wildman–Crippen LogP) is 1.94. The van der Waals surface area contributed by atoms with Gasteiger partial charge in [-0.3, -0.25) is 0 Å². The SMILES string of the molecule is CCCN(CC)CCNc1c(N)c(C)nn1CC. The lowest BCUT2D eigenvalue weighted by Gasteiger charge is -2.20. The Morgan fingerprint density at radius 1 is 1.28 bits per heavy atom. The van der Waals surface area contributed by atoms with E-state index >= 15 is 0 Å². The second-order valence-corrected chi connectivity index (χ2v) is 4.52. The molecule has 1 aromatic rings. The van der Waals surface area contributed by atoms with Gasteiger partial charge in [-0.2, -0.15) is 5.10 Å². The normalized spacial score (nSPS) is 11.2. The van der Waals surface area contributed by atoms with E-state index in [2.05, 4.69) is 36.1 Å². The van der Waals surface area contributed by atoms with Crippen molar-refractivity contribution in [1.29, 1.82) is 0 Å². The Hall–Kier alpha value is -1.23. The molecule has 0 spiro atoms. The second-order valence-electron chi connectivity index (χ2n) is 4.52. The van der Waals surface area contributed by atoms with Crippen molar-refractivity contribution in [3.05, 3.63) is 5.69 Å². The van der Waals surface area contributed by atoms with Crippen molar-refractivity contribution in [2.75, 3.05) is 37.2 Å². The summed E-state index contributed by atoms with van der Waals surface area (Å²) in [6, 6.07) is 0. The average Bonchev–Trinajstić information content (AvgIpc) is 2.65. The van der Waals surface area contributed by atoms with E-state index in [0.717, 1.165) is 49.9 Å². The highest BCUT2D eigenvalue weighted by Crippen LogP contribution is 2.21. The molecular formula is C13H27N5. The lowest BCUT2D eigenvalue weighted by Crippen LogP contribution is -2.30. The number of hydrogen-bond donors (Lipinski definition) is 2. The molecule has 0 fully saturated rings. The fourth-order valence-corrected chi connectivity index (χ4v) is 2.09. The van der Waals surface area contributed by atoms with E-state index in [0.29, 0.717) is 0 Å². The maximum absolute atomic E-state index is 6.03. The number of nitrogen functional groups attached to an aromatic ring is 1. The van der Waals surface area contributed by atoms with E-state index in [9.17, 15) is 0 Å². The van der Waals surface area contributed by atoms with E-state index in [1.54, 1.807) is 0 Å². The quantitative estimate of drug-likeness (QED) is 0.743. The Kier molecular flexibility index (Phi) is 5.98. The van der Waals surface area contributed by atoms with Crippen molar-refractivity contribution in [1.82, 2.24) is 14.7 Å². The summed E-state index contributed by atoms with van der Waals surface area (Å²) in [5, 5.41) is 7.81. The van der Waals surface area contributed by atoms with Gasteiger partial charge in [-0.1, -0.05) is 13.8 Å².